The molecule has 0 aliphatic carbocycles. The summed E-state index contributed by atoms with van der Waals surface area (Å²) in [6, 6.07) is 14.0. The molecule has 2 N–H and O–H groups in total. The van der Waals surface area contributed by atoms with Crippen LogP contribution in [0.2, 0.25) is 0 Å². The third kappa shape index (κ3) is 4.20. The molecule has 0 unspecified atom stereocenters. The summed E-state index contributed by atoms with van der Waals surface area (Å²) in [6.07, 6.45) is 1.72. The van der Waals surface area contributed by atoms with Gasteiger partial charge in [0.2, 0.25) is 0 Å². The van der Waals surface area contributed by atoms with Crippen LogP contribution in [0.3, 0.4) is 0 Å². The molecule has 27 heavy (non-hydrogen) atoms. The topological polar surface area (TPSA) is 97.2 Å². The molecule has 0 atom stereocenters. The molecule has 0 radical (unpaired) electrons. The molecule has 1 amide bonds. The Balaban J connectivity index is 1.86. The van der Waals surface area contributed by atoms with Gasteiger partial charge in [-0.15, -0.1) is 0 Å². The van der Waals surface area contributed by atoms with Gasteiger partial charge in [0.25, 0.3) is 11.6 Å². The Hall–Kier alpha value is -3.48. The highest BCUT2D eigenvalue weighted by molar-refractivity contribution is 5.96. The summed E-state index contributed by atoms with van der Waals surface area (Å²) in [5, 5.41) is 18.3. The molecule has 0 spiro atoms. The maximum absolute atomic E-state index is 12.1. The zero-order valence-corrected chi connectivity index (χ0v) is 15.1. The zero-order chi connectivity index (χ0) is 19.4. The number of nitrogens with zero attached hydrogens (tertiary/aromatic N) is 2. The molecule has 7 heteroatoms. The highest BCUT2D eigenvalue weighted by atomic mass is 16.6. The number of para-hydroxylation sites is 1. The Morgan fingerprint density at radius 1 is 1.19 bits per heavy atom. The van der Waals surface area contributed by atoms with Crippen molar-refractivity contribution in [2.24, 2.45) is 0 Å². The minimum Gasteiger partial charge on any atom is -0.375 e. The highest BCUT2D eigenvalue weighted by Gasteiger charge is 2.18. The molecule has 0 saturated carbocycles. The first kappa shape index (κ1) is 18.3. The van der Waals surface area contributed by atoms with Gasteiger partial charge in [-0.3, -0.25) is 19.9 Å². The molecule has 1 aromatic heterocycles. The smallest absolute Gasteiger partial charge is 0.293 e. The predicted octanol–water partition coefficient (Wildman–Crippen LogP) is 3.89. The van der Waals surface area contributed by atoms with Crippen molar-refractivity contribution in [3.05, 3.63) is 76.0 Å². The number of rotatable bonds is 6. The second-order valence-electron chi connectivity index (χ2n) is 6.46. The molecule has 0 aliphatic rings. The van der Waals surface area contributed by atoms with Crippen molar-refractivity contribution >= 4 is 28.2 Å². The summed E-state index contributed by atoms with van der Waals surface area (Å²) in [5.74, 6) is -0.335. The van der Waals surface area contributed by atoms with Crippen molar-refractivity contribution in [1.29, 1.82) is 0 Å². The molecule has 0 aliphatic heterocycles. The van der Waals surface area contributed by atoms with E-state index in [1.807, 2.05) is 44.2 Å². The lowest BCUT2D eigenvalue weighted by Gasteiger charge is -2.11. The van der Waals surface area contributed by atoms with E-state index >= 15 is 0 Å². The molecule has 7 nitrogen and oxygen atoms in total. The minimum absolute atomic E-state index is 0.0479. The van der Waals surface area contributed by atoms with Crippen LogP contribution in [-0.4, -0.2) is 21.9 Å². The molecule has 0 saturated heterocycles. The Bertz CT molecular complexity index is 996. The second kappa shape index (κ2) is 7.82. The monoisotopic (exact) mass is 364 g/mol. The van der Waals surface area contributed by atoms with Crippen LogP contribution in [0.1, 0.15) is 29.8 Å². The van der Waals surface area contributed by atoms with Crippen LogP contribution in [0, 0.1) is 10.1 Å². The highest BCUT2D eigenvalue weighted by Crippen LogP contribution is 2.27. The van der Waals surface area contributed by atoms with Crippen molar-refractivity contribution in [1.82, 2.24) is 10.3 Å². The SMILES string of the molecule is CC(C)NC(=O)c1ccc(NCc2cccc3cccnc23)c([N+](=O)[O-])c1. The molecule has 1 heterocycles. The van der Waals surface area contributed by atoms with Crippen molar-refractivity contribution < 1.29 is 9.72 Å². The fraction of sp³-hybridized carbons (Fsp3) is 0.200. The Morgan fingerprint density at radius 3 is 2.70 bits per heavy atom. The molecule has 0 bridgehead atoms. The molecule has 3 aromatic rings. The fourth-order valence-electron chi connectivity index (χ4n) is 2.82. The number of nitro groups is 1. The van der Waals surface area contributed by atoms with E-state index in [4.69, 9.17) is 0 Å². The minimum atomic E-state index is -0.490. The first-order chi connectivity index (χ1) is 13.0. The normalized spacial score (nSPS) is 10.8. The summed E-state index contributed by atoms with van der Waals surface area (Å²) < 4.78 is 0. The second-order valence-corrected chi connectivity index (χ2v) is 6.46. The number of nitrogens with one attached hydrogen (secondary N) is 2. The number of hydrogen-bond donors (Lipinski definition) is 2. The van der Waals surface area contributed by atoms with Crippen LogP contribution in [0.25, 0.3) is 10.9 Å². The van der Waals surface area contributed by atoms with Crippen molar-refractivity contribution in [3.8, 4) is 0 Å². The Labute approximate surface area is 156 Å². The van der Waals surface area contributed by atoms with E-state index in [2.05, 4.69) is 15.6 Å². The number of amides is 1. The van der Waals surface area contributed by atoms with Gasteiger partial charge < -0.3 is 10.6 Å². The lowest BCUT2D eigenvalue weighted by molar-refractivity contribution is -0.384. The standard InChI is InChI=1S/C20H20N4O3/c1-13(2)23-20(25)15-8-9-17(18(11-15)24(26)27)22-12-16-6-3-5-14-7-4-10-21-19(14)16/h3-11,13,22H,12H2,1-2H3,(H,23,25). The lowest BCUT2D eigenvalue weighted by atomic mass is 10.1. The number of carbonyl (C=O) groups excluding carboxylic acids is 1. The maximum atomic E-state index is 12.1. The molecular weight excluding hydrogens is 344 g/mol. The third-order valence-corrected chi connectivity index (χ3v) is 4.06. The van der Waals surface area contributed by atoms with Gasteiger partial charge in [-0.1, -0.05) is 24.3 Å². The largest absolute Gasteiger partial charge is 0.375 e. The molecule has 138 valence electrons. The van der Waals surface area contributed by atoms with E-state index in [0.29, 0.717) is 12.2 Å². The van der Waals surface area contributed by atoms with Crippen LogP contribution < -0.4 is 10.6 Å². The van der Waals surface area contributed by atoms with Crippen LogP contribution >= 0.6 is 0 Å². The third-order valence-electron chi connectivity index (χ3n) is 4.06. The summed E-state index contributed by atoms with van der Waals surface area (Å²) in [4.78, 5) is 27.5. The van der Waals surface area contributed by atoms with Gasteiger partial charge in [0.05, 0.1) is 10.4 Å². The molecule has 3 rings (SSSR count). The number of aromatic nitrogens is 1. The van der Waals surface area contributed by atoms with Gasteiger partial charge in [0.1, 0.15) is 5.69 Å². The van der Waals surface area contributed by atoms with Gasteiger partial charge >= 0.3 is 0 Å². The van der Waals surface area contributed by atoms with Crippen molar-refractivity contribution in [2.75, 3.05) is 5.32 Å². The molecular formula is C20H20N4O3. The average Bonchev–Trinajstić information content (AvgIpc) is 2.65. The molecule has 2 aromatic carbocycles. The van der Waals surface area contributed by atoms with Gasteiger partial charge in [-0.05, 0) is 37.6 Å². The fourth-order valence-corrected chi connectivity index (χ4v) is 2.82. The van der Waals surface area contributed by atoms with Crippen LogP contribution in [0.15, 0.2) is 54.7 Å². The Kier molecular flexibility index (Phi) is 5.30. The van der Waals surface area contributed by atoms with Crippen molar-refractivity contribution in [3.63, 3.8) is 0 Å². The van der Waals surface area contributed by atoms with E-state index < -0.39 is 4.92 Å². The van der Waals surface area contributed by atoms with Crippen LogP contribution in [-0.2, 0) is 6.54 Å². The van der Waals surface area contributed by atoms with Crippen LogP contribution in [0.4, 0.5) is 11.4 Å². The Morgan fingerprint density at radius 2 is 1.96 bits per heavy atom. The number of nitro benzene ring substituents is 1. The van der Waals surface area contributed by atoms with E-state index in [1.165, 1.54) is 6.07 Å². The van der Waals surface area contributed by atoms with Gasteiger partial charge in [-0.25, -0.2) is 0 Å². The summed E-state index contributed by atoms with van der Waals surface area (Å²) in [5.41, 5.74) is 2.26. The summed E-state index contributed by atoms with van der Waals surface area (Å²) in [6.45, 7) is 4.05. The number of anilines is 1. The molecule has 0 fully saturated rings. The van der Waals surface area contributed by atoms with E-state index in [1.54, 1.807) is 18.3 Å². The van der Waals surface area contributed by atoms with Gasteiger partial charge in [-0.2, -0.15) is 0 Å². The number of pyridine rings is 1. The number of carbonyl (C=O) groups is 1. The maximum Gasteiger partial charge on any atom is 0.293 e. The van der Waals surface area contributed by atoms with Crippen molar-refractivity contribution in [2.45, 2.75) is 26.4 Å². The number of benzene rings is 2. The van der Waals surface area contributed by atoms with E-state index in [9.17, 15) is 14.9 Å². The number of hydrogen-bond acceptors (Lipinski definition) is 5. The lowest BCUT2D eigenvalue weighted by Crippen LogP contribution is -2.30. The van der Waals surface area contributed by atoms with E-state index in [0.717, 1.165) is 16.5 Å². The number of fused-ring (bicyclic) bond motifs is 1. The van der Waals surface area contributed by atoms with Crippen LogP contribution in [0.5, 0.6) is 0 Å². The quantitative estimate of drug-likeness (QED) is 0.511. The first-order valence-corrected chi connectivity index (χ1v) is 8.61. The first-order valence-electron chi connectivity index (χ1n) is 8.61. The van der Waals surface area contributed by atoms with Gasteiger partial charge in [0.15, 0.2) is 0 Å². The van der Waals surface area contributed by atoms with Gasteiger partial charge in [0, 0.05) is 35.8 Å². The zero-order valence-electron chi connectivity index (χ0n) is 15.1. The summed E-state index contributed by atoms with van der Waals surface area (Å²) in [7, 11) is 0. The summed E-state index contributed by atoms with van der Waals surface area (Å²) >= 11 is 0. The average molecular weight is 364 g/mol. The predicted molar refractivity (Wildman–Crippen MR) is 105 cm³/mol. The van der Waals surface area contributed by atoms with E-state index in [-0.39, 0.29) is 23.2 Å².